The monoisotopic (exact) mass is 374 g/mol. The maximum atomic E-state index is 12.8. The molecule has 2 heterocycles. The minimum atomic E-state index is -0.525. The molecule has 0 aromatic heterocycles. The zero-order valence-electron chi connectivity index (χ0n) is 15.3. The number of carbonyl (C=O) groups excluding carboxylic acids is 2. The molecule has 3 rings (SSSR count). The van der Waals surface area contributed by atoms with Crippen LogP contribution in [0.1, 0.15) is 31.0 Å². The Kier molecular flexibility index (Phi) is 5.48. The van der Waals surface area contributed by atoms with E-state index in [1.54, 1.807) is 18.9 Å². The largest absolute Gasteiger partial charge is 0.460 e. The van der Waals surface area contributed by atoms with Crippen LogP contribution >= 0.6 is 11.8 Å². The first-order chi connectivity index (χ1) is 12.4. The van der Waals surface area contributed by atoms with E-state index in [2.05, 4.69) is 4.99 Å². The number of aryl methyl sites for hydroxylation is 1. The number of hydrogen-bond donors (Lipinski definition) is 0. The van der Waals surface area contributed by atoms with Crippen molar-refractivity contribution in [1.29, 1.82) is 0 Å². The number of benzene rings is 1. The van der Waals surface area contributed by atoms with Crippen LogP contribution in [-0.2, 0) is 19.1 Å². The molecule has 1 aromatic rings. The van der Waals surface area contributed by atoms with Crippen molar-refractivity contribution in [3.8, 4) is 0 Å². The van der Waals surface area contributed by atoms with Crippen LogP contribution in [0.4, 0.5) is 0 Å². The second kappa shape index (κ2) is 7.63. The van der Waals surface area contributed by atoms with E-state index in [9.17, 15) is 9.59 Å². The number of hydrogen-bond acceptors (Lipinski definition) is 6. The van der Waals surface area contributed by atoms with Gasteiger partial charge in [-0.25, -0.2) is 9.79 Å². The molecular weight excluding hydrogens is 352 g/mol. The van der Waals surface area contributed by atoms with E-state index in [1.165, 1.54) is 11.8 Å². The van der Waals surface area contributed by atoms with Gasteiger partial charge in [0, 0.05) is 7.11 Å². The molecule has 2 aliphatic rings. The lowest BCUT2D eigenvalue weighted by Gasteiger charge is -2.33. The minimum Gasteiger partial charge on any atom is -0.460 e. The fourth-order valence-electron chi connectivity index (χ4n) is 3.02. The topological polar surface area (TPSA) is 68.2 Å². The highest BCUT2D eigenvalue weighted by molar-refractivity contribution is 8.15. The fourth-order valence-corrected chi connectivity index (χ4v) is 4.05. The number of methoxy groups -OCH3 is 1. The SMILES string of the molecule is COCCOC(=O)C1=C(C)N=C2SC(C)C(=O)N2C1c1ccc(C)cc1. The number of esters is 1. The number of thioether (sulfide) groups is 1. The molecule has 1 amide bonds. The number of aliphatic imine (C=N–C) groups is 1. The molecule has 26 heavy (non-hydrogen) atoms. The predicted molar refractivity (Wildman–Crippen MR) is 101 cm³/mol. The lowest BCUT2D eigenvalue weighted by atomic mass is 9.93. The lowest BCUT2D eigenvalue weighted by Crippen LogP contribution is -2.40. The van der Waals surface area contributed by atoms with E-state index < -0.39 is 12.0 Å². The Morgan fingerprint density at radius 1 is 1.23 bits per heavy atom. The van der Waals surface area contributed by atoms with Crippen molar-refractivity contribution in [2.24, 2.45) is 4.99 Å². The Balaban J connectivity index is 2.03. The number of allylic oxidation sites excluding steroid dienone is 1. The molecule has 1 fully saturated rings. The quantitative estimate of drug-likeness (QED) is 0.586. The Labute approximate surface area is 157 Å². The Morgan fingerprint density at radius 3 is 2.58 bits per heavy atom. The van der Waals surface area contributed by atoms with Crippen molar-refractivity contribution >= 4 is 28.8 Å². The highest BCUT2D eigenvalue weighted by atomic mass is 32.2. The number of carbonyl (C=O) groups is 2. The van der Waals surface area contributed by atoms with E-state index in [1.807, 2.05) is 38.1 Å². The van der Waals surface area contributed by atoms with Crippen molar-refractivity contribution in [2.45, 2.75) is 32.1 Å². The molecule has 0 aliphatic carbocycles. The van der Waals surface area contributed by atoms with E-state index >= 15 is 0 Å². The summed E-state index contributed by atoms with van der Waals surface area (Å²) < 4.78 is 10.3. The van der Waals surface area contributed by atoms with Gasteiger partial charge in [0.05, 0.1) is 29.2 Å². The summed E-state index contributed by atoms with van der Waals surface area (Å²) in [6.07, 6.45) is 0. The van der Waals surface area contributed by atoms with Gasteiger partial charge in [0.25, 0.3) is 0 Å². The Morgan fingerprint density at radius 2 is 1.92 bits per heavy atom. The van der Waals surface area contributed by atoms with Crippen molar-refractivity contribution < 1.29 is 19.1 Å². The highest BCUT2D eigenvalue weighted by Crippen LogP contribution is 2.43. The second-order valence-electron chi connectivity index (χ2n) is 6.30. The fraction of sp³-hybridized carbons (Fsp3) is 0.421. The summed E-state index contributed by atoms with van der Waals surface area (Å²) in [6, 6.07) is 7.31. The van der Waals surface area contributed by atoms with Gasteiger partial charge in [0.2, 0.25) is 5.91 Å². The number of nitrogens with zero attached hydrogens (tertiary/aromatic N) is 2. The minimum absolute atomic E-state index is 0.0472. The predicted octanol–water partition coefficient (Wildman–Crippen LogP) is 2.83. The van der Waals surface area contributed by atoms with E-state index in [-0.39, 0.29) is 17.8 Å². The van der Waals surface area contributed by atoms with Gasteiger partial charge in [0.15, 0.2) is 5.17 Å². The zero-order chi connectivity index (χ0) is 18.8. The zero-order valence-corrected chi connectivity index (χ0v) is 16.1. The van der Waals surface area contributed by atoms with Gasteiger partial charge < -0.3 is 9.47 Å². The molecular formula is C19H22N2O4S. The first-order valence-corrected chi connectivity index (χ1v) is 9.33. The summed E-state index contributed by atoms with van der Waals surface area (Å²) in [5.74, 6) is -0.515. The van der Waals surface area contributed by atoms with Gasteiger partial charge in [-0.3, -0.25) is 9.69 Å². The van der Waals surface area contributed by atoms with Crippen molar-refractivity contribution in [2.75, 3.05) is 20.3 Å². The summed E-state index contributed by atoms with van der Waals surface area (Å²) in [5, 5.41) is 0.414. The highest BCUT2D eigenvalue weighted by Gasteiger charge is 2.46. The average Bonchev–Trinajstić information content (AvgIpc) is 2.88. The third kappa shape index (κ3) is 3.41. The summed E-state index contributed by atoms with van der Waals surface area (Å²) >= 11 is 1.42. The maximum absolute atomic E-state index is 12.8. The number of rotatable bonds is 5. The maximum Gasteiger partial charge on any atom is 0.338 e. The van der Waals surface area contributed by atoms with E-state index in [0.29, 0.717) is 23.0 Å². The van der Waals surface area contributed by atoms with Gasteiger partial charge in [-0.2, -0.15) is 0 Å². The van der Waals surface area contributed by atoms with Crippen LogP contribution in [0, 0.1) is 6.92 Å². The van der Waals surface area contributed by atoms with Crippen LogP contribution in [0.2, 0.25) is 0 Å². The van der Waals surface area contributed by atoms with Crippen LogP contribution in [0.3, 0.4) is 0 Å². The third-order valence-electron chi connectivity index (χ3n) is 4.39. The average molecular weight is 374 g/mol. The van der Waals surface area contributed by atoms with Crippen molar-refractivity contribution in [3.63, 3.8) is 0 Å². The van der Waals surface area contributed by atoms with Crippen molar-refractivity contribution in [1.82, 2.24) is 4.90 Å². The molecule has 0 spiro atoms. The van der Waals surface area contributed by atoms with E-state index in [0.717, 1.165) is 11.1 Å². The number of fused-ring (bicyclic) bond motifs is 1. The summed E-state index contributed by atoms with van der Waals surface area (Å²) in [4.78, 5) is 31.6. The third-order valence-corrected chi connectivity index (χ3v) is 5.45. The normalized spacial score (nSPS) is 22.4. The molecule has 1 saturated heterocycles. The number of amidine groups is 1. The van der Waals surface area contributed by atoms with E-state index in [4.69, 9.17) is 9.47 Å². The molecule has 1 aromatic carbocycles. The molecule has 2 unspecified atom stereocenters. The summed E-state index contributed by atoms with van der Waals surface area (Å²) in [7, 11) is 1.55. The van der Waals surface area contributed by atoms with Gasteiger partial charge in [-0.05, 0) is 26.3 Å². The number of ether oxygens (including phenoxy) is 2. The van der Waals surface area contributed by atoms with Crippen LogP contribution in [-0.4, -0.2) is 47.5 Å². The summed E-state index contributed by atoms with van der Waals surface area (Å²) in [5.41, 5.74) is 2.96. The number of amides is 1. The molecule has 0 saturated carbocycles. The first kappa shape index (κ1) is 18.7. The molecule has 138 valence electrons. The van der Waals surface area contributed by atoms with Crippen molar-refractivity contribution in [3.05, 3.63) is 46.7 Å². The molecule has 2 atom stereocenters. The molecule has 0 N–H and O–H groups in total. The smallest absolute Gasteiger partial charge is 0.338 e. The molecule has 0 radical (unpaired) electrons. The standard InChI is InChI=1S/C19H22N2O4S/c1-11-5-7-14(8-6-11)16-15(18(23)25-10-9-24-4)12(2)20-19-21(16)17(22)13(3)26-19/h5-8,13,16H,9-10H2,1-4H3. The second-order valence-corrected chi connectivity index (χ2v) is 7.61. The van der Waals surface area contributed by atoms with Crippen LogP contribution in [0.15, 0.2) is 40.5 Å². The Hall–Kier alpha value is -2.12. The molecule has 0 bridgehead atoms. The van der Waals surface area contributed by atoms with Gasteiger partial charge in [0.1, 0.15) is 6.61 Å². The lowest BCUT2D eigenvalue weighted by molar-refractivity contribution is -0.141. The molecule has 7 heteroatoms. The van der Waals surface area contributed by atoms with Crippen LogP contribution in [0.5, 0.6) is 0 Å². The van der Waals surface area contributed by atoms with Crippen LogP contribution < -0.4 is 0 Å². The van der Waals surface area contributed by atoms with Gasteiger partial charge in [-0.1, -0.05) is 41.6 Å². The first-order valence-electron chi connectivity index (χ1n) is 8.46. The Bertz CT molecular complexity index is 785. The van der Waals surface area contributed by atoms with Crippen LogP contribution in [0.25, 0.3) is 0 Å². The molecule has 6 nitrogen and oxygen atoms in total. The molecule has 2 aliphatic heterocycles. The summed E-state index contributed by atoms with van der Waals surface area (Å²) in [6.45, 7) is 6.11. The van der Waals surface area contributed by atoms with Gasteiger partial charge in [-0.15, -0.1) is 0 Å². The van der Waals surface area contributed by atoms with Gasteiger partial charge >= 0.3 is 5.97 Å².